The van der Waals surface area contributed by atoms with Crippen LogP contribution < -0.4 is 15.5 Å². The van der Waals surface area contributed by atoms with Gasteiger partial charge in [-0.1, -0.05) is 0 Å². The Hall–Kier alpha value is -2.56. The highest BCUT2D eigenvalue weighted by Gasteiger charge is 2.14. The summed E-state index contributed by atoms with van der Waals surface area (Å²) in [5, 5.41) is 12.3. The smallest absolute Gasteiger partial charge is 0.197 e. The summed E-state index contributed by atoms with van der Waals surface area (Å²) in [4.78, 5) is 20.7. The minimum atomic E-state index is 0.757. The van der Waals surface area contributed by atoms with Gasteiger partial charge in [0.25, 0.3) is 0 Å². The Morgan fingerprint density at radius 1 is 1.07 bits per heavy atom. The molecule has 0 aromatic carbocycles. The SMILES string of the molecule is c1cc(N2CCOCC2)ncc1-c1nc(-c2csc(NC3=NCCCN3)n2)cs1. The lowest BCUT2D eigenvalue weighted by Gasteiger charge is -2.27. The van der Waals surface area contributed by atoms with E-state index in [9.17, 15) is 0 Å². The summed E-state index contributed by atoms with van der Waals surface area (Å²) in [6, 6.07) is 4.14. The molecule has 0 unspecified atom stereocenters. The van der Waals surface area contributed by atoms with Gasteiger partial charge in [0.1, 0.15) is 22.2 Å². The minimum absolute atomic E-state index is 0.757. The topological polar surface area (TPSA) is 87.6 Å². The zero-order valence-electron chi connectivity index (χ0n) is 15.8. The molecule has 5 heterocycles. The number of hydrogen-bond donors (Lipinski definition) is 2. The Morgan fingerprint density at radius 2 is 1.93 bits per heavy atom. The Balaban J connectivity index is 1.28. The van der Waals surface area contributed by atoms with Crippen LogP contribution in [0.2, 0.25) is 0 Å². The van der Waals surface area contributed by atoms with Gasteiger partial charge in [-0.25, -0.2) is 15.0 Å². The summed E-state index contributed by atoms with van der Waals surface area (Å²) in [5.41, 5.74) is 2.77. The molecule has 8 nitrogen and oxygen atoms in total. The number of aromatic nitrogens is 3. The molecular formula is C19H21N7OS2. The second-order valence-corrected chi connectivity index (χ2v) is 8.43. The molecule has 0 amide bonds. The first-order chi connectivity index (χ1) is 14.3. The first-order valence-corrected chi connectivity index (χ1v) is 11.4. The van der Waals surface area contributed by atoms with Crippen LogP contribution in [0.3, 0.4) is 0 Å². The number of nitrogens with zero attached hydrogens (tertiary/aromatic N) is 5. The summed E-state index contributed by atoms with van der Waals surface area (Å²) in [6.45, 7) is 5.07. The molecule has 0 spiro atoms. The lowest BCUT2D eigenvalue weighted by Crippen LogP contribution is -2.36. The highest BCUT2D eigenvalue weighted by molar-refractivity contribution is 7.14. The van der Waals surface area contributed by atoms with E-state index in [2.05, 4.69) is 42.6 Å². The maximum atomic E-state index is 5.41. The Morgan fingerprint density at radius 3 is 2.72 bits per heavy atom. The van der Waals surface area contributed by atoms with Crippen LogP contribution in [0.15, 0.2) is 34.1 Å². The predicted molar refractivity (Wildman–Crippen MR) is 118 cm³/mol. The monoisotopic (exact) mass is 427 g/mol. The summed E-state index contributed by atoms with van der Waals surface area (Å²) < 4.78 is 5.41. The molecule has 5 rings (SSSR count). The Labute approximate surface area is 176 Å². The molecule has 2 aliphatic rings. The number of thiazole rings is 2. The molecular weight excluding hydrogens is 406 g/mol. The number of guanidine groups is 1. The van der Waals surface area contributed by atoms with Crippen molar-refractivity contribution in [1.82, 2.24) is 20.3 Å². The highest BCUT2D eigenvalue weighted by atomic mass is 32.1. The Kier molecular flexibility index (Phi) is 5.37. The van der Waals surface area contributed by atoms with Gasteiger partial charge >= 0.3 is 0 Å². The van der Waals surface area contributed by atoms with Gasteiger partial charge in [0, 0.05) is 48.7 Å². The molecule has 0 bridgehead atoms. The van der Waals surface area contributed by atoms with Crippen LogP contribution in [-0.4, -0.2) is 60.3 Å². The molecule has 10 heteroatoms. The molecule has 0 atom stereocenters. The molecule has 3 aromatic heterocycles. The van der Waals surface area contributed by atoms with Crippen molar-refractivity contribution >= 4 is 39.6 Å². The van der Waals surface area contributed by atoms with E-state index in [1.807, 2.05) is 17.0 Å². The number of morpholine rings is 1. The van der Waals surface area contributed by atoms with Gasteiger partial charge in [0.2, 0.25) is 0 Å². The maximum absolute atomic E-state index is 5.41. The number of anilines is 2. The largest absolute Gasteiger partial charge is 0.378 e. The molecule has 2 aliphatic heterocycles. The van der Waals surface area contributed by atoms with Gasteiger partial charge in [0.05, 0.1) is 13.2 Å². The van der Waals surface area contributed by atoms with Crippen molar-refractivity contribution in [3.63, 3.8) is 0 Å². The van der Waals surface area contributed by atoms with Gasteiger partial charge < -0.3 is 20.3 Å². The Bertz CT molecular complexity index is 992. The van der Waals surface area contributed by atoms with Crippen molar-refractivity contribution in [2.24, 2.45) is 4.99 Å². The fourth-order valence-electron chi connectivity index (χ4n) is 3.18. The summed E-state index contributed by atoms with van der Waals surface area (Å²) in [6.07, 6.45) is 2.96. The quantitative estimate of drug-likeness (QED) is 0.662. The van der Waals surface area contributed by atoms with Crippen molar-refractivity contribution in [1.29, 1.82) is 0 Å². The number of hydrogen-bond acceptors (Lipinski definition) is 10. The van der Waals surface area contributed by atoms with Crippen LogP contribution in [0, 0.1) is 0 Å². The van der Waals surface area contributed by atoms with Gasteiger partial charge in [-0.3, -0.25) is 4.99 Å². The first kappa shape index (κ1) is 18.5. The van der Waals surface area contributed by atoms with Crippen LogP contribution in [0.4, 0.5) is 10.9 Å². The van der Waals surface area contributed by atoms with Crippen LogP contribution >= 0.6 is 22.7 Å². The number of nitrogens with one attached hydrogen (secondary N) is 2. The summed E-state index contributed by atoms with van der Waals surface area (Å²) in [7, 11) is 0. The molecule has 1 fully saturated rings. The molecule has 2 N–H and O–H groups in total. The van der Waals surface area contributed by atoms with E-state index in [-0.39, 0.29) is 0 Å². The molecule has 1 saturated heterocycles. The zero-order chi connectivity index (χ0) is 19.5. The maximum Gasteiger partial charge on any atom is 0.197 e. The number of aliphatic imine (C=N–C) groups is 1. The standard InChI is InChI=1S/C19H21N7OS2/c1-4-20-18(21-5-1)25-19-24-15(12-29-19)14-11-28-17(23-14)13-2-3-16(22-10-13)26-6-8-27-9-7-26/h2-3,10-12H,1,4-9H2,(H2,20,21,24,25). The van der Waals surface area contributed by atoms with Gasteiger partial charge in [-0.2, -0.15) is 0 Å². The van der Waals surface area contributed by atoms with Crippen LogP contribution in [0.5, 0.6) is 0 Å². The average molecular weight is 428 g/mol. The fraction of sp³-hybridized carbons (Fsp3) is 0.368. The predicted octanol–water partition coefficient (Wildman–Crippen LogP) is 2.93. The van der Waals surface area contributed by atoms with E-state index in [4.69, 9.17) is 9.72 Å². The highest BCUT2D eigenvalue weighted by Crippen LogP contribution is 2.31. The van der Waals surface area contributed by atoms with Crippen molar-refractivity contribution < 1.29 is 4.74 Å². The van der Waals surface area contributed by atoms with Crippen LogP contribution in [0.25, 0.3) is 22.0 Å². The van der Waals surface area contributed by atoms with E-state index in [0.717, 1.165) is 84.7 Å². The van der Waals surface area contributed by atoms with Gasteiger partial charge in [0.15, 0.2) is 11.1 Å². The molecule has 3 aromatic rings. The fourth-order valence-corrected chi connectivity index (χ4v) is 4.69. The van der Waals surface area contributed by atoms with E-state index < -0.39 is 0 Å². The minimum Gasteiger partial charge on any atom is -0.378 e. The van der Waals surface area contributed by atoms with E-state index in [1.165, 1.54) is 0 Å². The third kappa shape index (κ3) is 4.24. The van der Waals surface area contributed by atoms with Gasteiger partial charge in [-0.05, 0) is 18.6 Å². The molecule has 0 radical (unpaired) electrons. The second-order valence-electron chi connectivity index (χ2n) is 6.72. The zero-order valence-corrected chi connectivity index (χ0v) is 17.4. The summed E-state index contributed by atoms with van der Waals surface area (Å²) in [5.74, 6) is 1.78. The number of rotatable bonds is 4. The van der Waals surface area contributed by atoms with Crippen molar-refractivity contribution in [2.45, 2.75) is 6.42 Å². The lowest BCUT2D eigenvalue weighted by molar-refractivity contribution is 0.122. The van der Waals surface area contributed by atoms with E-state index in [1.54, 1.807) is 22.7 Å². The number of ether oxygens (including phenoxy) is 1. The van der Waals surface area contributed by atoms with Crippen LogP contribution in [0.1, 0.15) is 6.42 Å². The van der Waals surface area contributed by atoms with E-state index >= 15 is 0 Å². The third-order valence-electron chi connectivity index (χ3n) is 4.72. The second kappa shape index (κ2) is 8.44. The molecule has 29 heavy (non-hydrogen) atoms. The third-order valence-corrected chi connectivity index (χ3v) is 6.37. The lowest BCUT2D eigenvalue weighted by atomic mass is 10.3. The normalized spacial score (nSPS) is 17.0. The van der Waals surface area contributed by atoms with Crippen molar-refractivity contribution in [3.8, 4) is 22.0 Å². The molecule has 0 saturated carbocycles. The van der Waals surface area contributed by atoms with Gasteiger partial charge in [-0.15, -0.1) is 22.7 Å². The first-order valence-electron chi connectivity index (χ1n) is 9.61. The van der Waals surface area contributed by atoms with E-state index in [0.29, 0.717) is 0 Å². The summed E-state index contributed by atoms with van der Waals surface area (Å²) >= 11 is 3.16. The molecule has 0 aliphatic carbocycles. The van der Waals surface area contributed by atoms with Crippen molar-refractivity contribution in [2.75, 3.05) is 49.6 Å². The van der Waals surface area contributed by atoms with Crippen LogP contribution in [-0.2, 0) is 4.74 Å². The average Bonchev–Trinajstić information content (AvgIpc) is 3.45. The number of pyridine rings is 1. The molecule has 150 valence electrons. The van der Waals surface area contributed by atoms with Crippen molar-refractivity contribution in [3.05, 3.63) is 29.1 Å².